The molecule has 2 heterocycles. The molecule has 1 fully saturated rings. The van der Waals surface area contributed by atoms with Crippen molar-refractivity contribution in [3.8, 4) is 5.75 Å². The van der Waals surface area contributed by atoms with E-state index in [2.05, 4.69) is 37.6 Å². The Bertz CT molecular complexity index is 719. The van der Waals surface area contributed by atoms with E-state index in [0.717, 1.165) is 37.0 Å². The van der Waals surface area contributed by atoms with E-state index in [4.69, 9.17) is 4.74 Å². The Labute approximate surface area is 155 Å². The summed E-state index contributed by atoms with van der Waals surface area (Å²) in [4.78, 5) is 11.0. The predicted molar refractivity (Wildman–Crippen MR) is 106 cm³/mol. The molecule has 26 heavy (non-hydrogen) atoms. The topological polar surface area (TPSA) is 61.8 Å². The van der Waals surface area contributed by atoms with Crippen molar-refractivity contribution in [2.75, 3.05) is 38.7 Å². The summed E-state index contributed by atoms with van der Waals surface area (Å²) in [7, 11) is 3.50. The summed E-state index contributed by atoms with van der Waals surface area (Å²) >= 11 is 0. The number of rotatable bonds is 6. The van der Waals surface area contributed by atoms with E-state index >= 15 is 0 Å². The van der Waals surface area contributed by atoms with Gasteiger partial charge in [0.2, 0.25) is 0 Å². The Hall–Kier alpha value is -2.76. The summed E-state index contributed by atoms with van der Waals surface area (Å²) in [5.41, 5.74) is 2.23. The molecule has 2 aromatic rings. The normalized spacial score (nSPS) is 17.2. The van der Waals surface area contributed by atoms with Crippen LogP contribution < -0.4 is 20.3 Å². The highest BCUT2D eigenvalue weighted by Crippen LogP contribution is 2.26. The number of aliphatic imine (C=N–C) groups is 1. The summed E-state index contributed by atoms with van der Waals surface area (Å²) in [5, 5.41) is 6.75. The molecule has 2 N–H and O–H groups in total. The van der Waals surface area contributed by atoms with Gasteiger partial charge < -0.3 is 20.3 Å². The average molecular weight is 353 g/mol. The molecule has 1 aromatic heterocycles. The van der Waals surface area contributed by atoms with Crippen LogP contribution in [0.5, 0.6) is 5.75 Å². The number of pyridine rings is 1. The van der Waals surface area contributed by atoms with Gasteiger partial charge in [-0.15, -0.1) is 0 Å². The third-order valence-electron chi connectivity index (χ3n) is 4.65. The van der Waals surface area contributed by atoms with E-state index in [1.165, 1.54) is 12.1 Å². The van der Waals surface area contributed by atoms with Crippen molar-refractivity contribution in [2.45, 2.75) is 13.0 Å². The lowest BCUT2D eigenvalue weighted by Crippen LogP contribution is -2.40. The molecular formula is C20H27N5O. The highest BCUT2D eigenvalue weighted by Gasteiger charge is 2.23. The van der Waals surface area contributed by atoms with Crippen molar-refractivity contribution in [3.05, 3.63) is 54.4 Å². The SMILES string of the molecule is CN=C(NCc1ccccn1)NCC1CCN(c2cccc(OC)c2)C1. The minimum atomic E-state index is 0.592. The highest BCUT2D eigenvalue weighted by atomic mass is 16.5. The van der Waals surface area contributed by atoms with Gasteiger partial charge in [0.25, 0.3) is 0 Å². The molecule has 6 heteroatoms. The molecular weight excluding hydrogens is 326 g/mol. The van der Waals surface area contributed by atoms with Crippen LogP contribution in [-0.2, 0) is 6.54 Å². The van der Waals surface area contributed by atoms with Crippen LogP contribution in [0.1, 0.15) is 12.1 Å². The molecule has 1 aliphatic rings. The molecule has 6 nitrogen and oxygen atoms in total. The Balaban J connectivity index is 1.45. The first kappa shape index (κ1) is 18.0. The minimum Gasteiger partial charge on any atom is -0.497 e. The van der Waals surface area contributed by atoms with Crippen LogP contribution in [0.2, 0.25) is 0 Å². The number of hydrogen-bond donors (Lipinski definition) is 2. The Morgan fingerprint density at radius 1 is 1.27 bits per heavy atom. The smallest absolute Gasteiger partial charge is 0.191 e. The van der Waals surface area contributed by atoms with Gasteiger partial charge in [0.05, 0.1) is 19.3 Å². The second kappa shape index (κ2) is 9.08. The van der Waals surface area contributed by atoms with E-state index in [0.29, 0.717) is 12.5 Å². The van der Waals surface area contributed by atoms with Gasteiger partial charge in [-0.2, -0.15) is 0 Å². The largest absolute Gasteiger partial charge is 0.497 e. The van der Waals surface area contributed by atoms with Gasteiger partial charge in [0, 0.05) is 44.6 Å². The van der Waals surface area contributed by atoms with Crippen LogP contribution in [0.3, 0.4) is 0 Å². The zero-order chi connectivity index (χ0) is 18.2. The quantitative estimate of drug-likeness (QED) is 0.616. The Kier molecular flexibility index (Phi) is 6.30. The lowest BCUT2D eigenvalue weighted by molar-refractivity contribution is 0.415. The van der Waals surface area contributed by atoms with Gasteiger partial charge in [-0.05, 0) is 36.6 Å². The zero-order valence-electron chi connectivity index (χ0n) is 15.5. The number of hydrogen-bond acceptors (Lipinski definition) is 4. The average Bonchev–Trinajstić information content (AvgIpc) is 3.18. The maximum Gasteiger partial charge on any atom is 0.191 e. The van der Waals surface area contributed by atoms with Crippen molar-refractivity contribution in [1.82, 2.24) is 15.6 Å². The summed E-state index contributed by atoms with van der Waals surface area (Å²) in [6.45, 7) is 3.68. The number of nitrogens with one attached hydrogen (secondary N) is 2. The van der Waals surface area contributed by atoms with E-state index < -0.39 is 0 Å². The van der Waals surface area contributed by atoms with Gasteiger partial charge in [0.15, 0.2) is 5.96 Å². The molecule has 0 spiro atoms. The van der Waals surface area contributed by atoms with Crippen molar-refractivity contribution < 1.29 is 4.74 Å². The monoisotopic (exact) mass is 353 g/mol. The van der Waals surface area contributed by atoms with Crippen LogP contribution in [0.15, 0.2) is 53.7 Å². The first-order valence-corrected chi connectivity index (χ1v) is 9.02. The lowest BCUT2D eigenvalue weighted by Gasteiger charge is -2.20. The molecule has 0 aliphatic carbocycles. The van der Waals surface area contributed by atoms with E-state index in [1.54, 1.807) is 20.4 Å². The molecule has 0 radical (unpaired) electrons. The summed E-state index contributed by atoms with van der Waals surface area (Å²) in [5.74, 6) is 2.31. The third-order valence-corrected chi connectivity index (χ3v) is 4.65. The summed E-state index contributed by atoms with van der Waals surface area (Å²) in [6, 6.07) is 14.2. The van der Waals surface area contributed by atoms with Crippen LogP contribution in [0, 0.1) is 5.92 Å². The summed E-state index contributed by atoms with van der Waals surface area (Å²) < 4.78 is 5.33. The lowest BCUT2D eigenvalue weighted by atomic mass is 10.1. The number of ether oxygens (including phenoxy) is 1. The van der Waals surface area contributed by atoms with Gasteiger partial charge in [0.1, 0.15) is 5.75 Å². The van der Waals surface area contributed by atoms with Crippen molar-refractivity contribution >= 4 is 11.6 Å². The number of guanidine groups is 1. The van der Waals surface area contributed by atoms with Crippen molar-refractivity contribution in [2.24, 2.45) is 10.9 Å². The highest BCUT2D eigenvalue weighted by molar-refractivity contribution is 5.79. The Morgan fingerprint density at radius 3 is 2.96 bits per heavy atom. The first-order valence-electron chi connectivity index (χ1n) is 9.02. The molecule has 1 aliphatic heterocycles. The second-order valence-corrected chi connectivity index (χ2v) is 6.43. The fraction of sp³-hybridized carbons (Fsp3) is 0.400. The fourth-order valence-corrected chi connectivity index (χ4v) is 3.18. The first-order chi connectivity index (χ1) is 12.8. The third kappa shape index (κ3) is 4.88. The van der Waals surface area contributed by atoms with E-state index in [9.17, 15) is 0 Å². The molecule has 138 valence electrons. The predicted octanol–water partition coefficient (Wildman–Crippen LogP) is 2.28. The number of benzene rings is 1. The minimum absolute atomic E-state index is 0.592. The maximum absolute atomic E-state index is 5.33. The van der Waals surface area contributed by atoms with Gasteiger partial charge in [-0.1, -0.05) is 12.1 Å². The van der Waals surface area contributed by atoms with Gasteiger partial charge in [-0.25, -0.2) is 0 Å². The van der Waals surface area contributed by atoms with Gasteiger partial charge >= 0.3 is 0 Å². The molecule has 3 rings (SSSR count). The Morgan fingerprint density at radius 2 is 2.19 bits per heavy atom. The molecule has 1 unspecified atom stereocenters. The van der Waals surface area contributed by atoms with E-state index in [1.807, 2.05) is 30.3 Å². The second-order valence-electron chi connectivity index (χ2n) is 6.43. The van der Waals surface area contributed by atoms with E-state index in [-0.39, 0.29) is 0 Å². The van der Waals surface area contributed by atoms with Crippen LogP contribution in [-0.4, -0.2) is 44.7 Å². The molecule has 1 saturated heterocycles. The number of nitrogens with zero attached hydrogens (tertiary/aromatic N) is 3. The number of methoxy groups -OCH3 is 1. The maximum atomic E-state index is 5.33. The van der Waals surface area contributed by atoms with Crippen LogP contribution >= 0.6 is 0 Å². The van der Waals surface area contributed by atoms with Crippen LogP contribution in [0.25, 0.3) is 0 Å². The fourth-order valence-electron chi connectivity index (χ4n) is 3.18. The standard InChI is InChI=1S/C20H27N5O/c1-21-20(24-14-17-6-3-4-10-22-17)23-13-16-9-11-25(15-16)18-7-5-8-19(12-18)26-2/h3-8,10,12,16H,9,11,13-15H2,1-2H3,(H2,21,23,24). The molecule has 1 atom stereocenters. The van der Waals surface area contributed by atoms with Crippen LogP contribution in [0.4, 0.5) is 5.69 Å². The summed E-state index contributed by atoms with van der Waals surface area (Å²) in [6.07, 6.45) is 2.97. The molecule has 0 amide bonds. The number of anilines is 1. The molecule has 1 aromatic carbocycles. The van der Waals surface area contributed by atoms with Gasteiger partial charge in [-0.3, -0.25) is 9.98 Å². The number of aromatic nitrogens is 1. The van der Waals surface area contributed by atoms with Crippen molar-refractivity contribution in [3.63, 3.8) is 0 Å². The zero-order valence-corrected chi connectivity index (χ0v) is 15.5. The van der Waals surface area contributed by atoms with Crippen molar-refractivity contribution in [1.29, 1.82) is 0 Å². The molecule has 0 bridgehead atoms. The molecule has 0 saturated carbocycles.